The van der Waals surface area contributed by atoms with E-state index in [1.54, 1.807) is 0 Å². The Labute approximate surface area is 129 Å². The Bertz CT molecular complexity index is 588. The smallest absolute Gasteiger partial charge is 0.231 e. The van der Waals surface area contributed by atoms with Gasteiger partial charge < -0.3 is 16.0 Å². The zero-order valence-corrected chi connectivity index (χ0v) is 14.2. The van der Waals surface area contributed by atoms with Crippen LogP contribution >= 0.6 is 18.5 Å². The van der Waals surface area contributed by atoms with Crippen molar-refractivity contribution in [3.05, 3.63) is 30.0 Å². The first-order chi connectivity index (χ1) is 9.95. The van der Waals surface area contributed by atoms with Gasteiger partial charge in [-0.1, -0.05) is 6.58 Å². The standard InChI is InChI=1S/C15H21N3OP2/c1-8-2-3-11(15(19)17-8)14-12(20)4-10(5-13(14)21)18-6-9(16)7-18/h4-5,9,11H,1-3,6-7,16,20-21H2,(H,17,19). The number of anilines is 1. The lowest BCUT2D eigenvalue weighted by Crippen LogP contribution is -2.56. The van der Waals surface area contributed by atoms with Gasteiger partial charge >= 0.3 is 0 Å². The maximum atomic E-state index is 12.2. The Morgan fingerprint density at radius 2 is 1.90 bits per heavy atom. The molecule has 2 saturated heterocycles. The molecule has 2 aliphatic heterocycles. The molecule has 4 nitrogen and oxygen atoms in total. The molecule has 0 aromatic heterocycles. The number of nitrogens with zero attached hydrogens (tertiary/aromatic N) is 1. The Kier molecular flexibility index (Phi) is 4.05. The summed E-state index contributed by atoms with van der Waals surface area (Å²) in [7, 11) is 5.55. The summed E-state index contributed by atoms with van der Waals surface area (Å²) in [5.41, 5.74) is 8.94. The predicted octanol–water partition coefficient (Wildman–Crippen LogP) is 0.342. The maximum Gasteiger partial charge on any atom is 0.231 e. The Balaban J connectivity index is 1.89. The second-order valence-corrected chi connectivity index (χ2v) is 7.13. The number of amides is 1. The Morgan fingerprint density at radius 3 is 2.43 bits per heavy atom. The number of rotatable bonds is 2. The van der Waals surface area contributed by atoms with E-state index < -0.39 is 0 Å². The van der Waals surface area contributed by atoms with Gasteiger partial charge in [-0.15, -0.1) is 18.5 Å². The summed E-state index contributed by atoms with van der Waals surface area (Å²) in [5, 5.41) is 5.05. The molecular weight excluding hydrogens is 300 g/mol. The largest absolute Gasteiger partial charge is 0.368 e. The first kappa shape index (κ1) is 15.0. The highest BCUT2D eigenvalue weighted by Gasteiger charge is 2.30. The summed E-state index contributed by atoms with van der Waals surface area (Å²) in [6, 6.07) is 4.55. The summed E-state index contributed by atoms with van der Waals surface area (Å²) >= 11 is 0. The third-order valence-electron chi connectivity index (χ3n) is 4.20. The fourth-order valence-electron chi connectivity index (χ4n) is 3.04. The monoisotopic (exact) mass is 321 g/mol. The molecule has 2 fully saturated rings. The van der Waals surface area contributed by atoms with Crippen molar-refractivity contribution in [1.29, 1.82) is 0 Å². The van der Waals surface area contributed by atoms with Crippen molar-refractivity contribution < 1.29 is 4.79 Å². The first-order valence-corrected chi connectivity index (χ1v) is 8.29. The third kappa shape index (κ3) is 2.85. The highest BCUT2D eigenvalue weighted by Crippen LogP contribution is 2.29. The van der Waals surface area contributed by atoms with Gasteiger partial charge in [0.2, 0.25) is 5.91 Å². The highest BCUT2D eigenvalue weighted by molar-refractivity contribution is 7.30. The number of hydrogen-bond donors (Lipinski definition) is 2. The molecule has 0 spiro atoms. The van der Waals surface area contributed by atoms with Crippen molar-refractivity contribution in [2.24, 2.45) is 5.73 Å². The Hall–Kier alpha value is -0.950. The van der Waals surface area contributed by atoms with E-state index in [0.29, 0.717) is 0 Å². The average Bonchev–Trinajstić information content (AvgIpc) is 2.36. The fourth-order valence-corrected chi connectivity index (χ4v) is 4.28. The molecule has 0 radical (unpaired) electrons. The van der Waals surface area contributed by atoms with Gasteiger partial charge in [-0.2, -0.15) is 0 Å². The number of benzene rings is 1. The van der Waals surface area contributed by atoms with Gasteiger partial charge in [0.15, 0.2) is 0 Å². The molecule has 1 aromatic rings. The minimum absolute atomic E-state index is 0.0531. The molecule has 0 aliphatic carbocycles. The van der Waals surface area contributed by atoms with Gasteiger partial charge in [0.1, 0.15) is 0 Å². The van der Waals surface area contributed by atoms with Crippen LogP contribution in [0.1, 0.15) is 24.3 Å². The molecule has 1 aromatic carbocycles. The predicted molar refractivity (Wildman–Crippen MR) is 94.6 cm³/mol. The SMILES string of the molecule is C=C1CCC(c2c(P)cc(N3CC(N)C3)cc2P)C(=O)N1. The van der Waals surface area contributed by atoms with Gasteiger partial charge in [0.25, 0.3) is 0 Å². The lowest BCUT2D eigenvalue weighted by molar-refractivity contribution is -0.122. The van der Waals surface area contributed by atoms with E-state index in [0.717, 1.165) is 47.8 Å². The first-order valence-electron chi connectivity index (χ1n) is 7.13. The van der Waals surface area contributed by atoms with Crippen LogP contribution in [0.25, 0.3) is 0 Å². The molecule has 1 amide bonds. The second-order valence-electron chi connectivity index (χ2n) is 5.89. The summed E-state index contributed by atoms with van der Waals surface area (Å²) in [6.07, 6.45) is 1.66. The van der Waals surface area contributed by atoms with Crippen LogP contribution in [0.5, 0.6) is 0 Å². The molecule has 2 aliphatic rings. The average molecular weight is 321 g/mol. The third-order valence-corrected chi connectivity index (χ3v) is 5.16. The van der Waals surface area contributed by atoms with Gasteiger partial charge in [-0.05, 0) is 41.1 Å². The number of hydrogen-bond acceptors (Lipinski definition) is 3. The minimum atomic E-state index is -0.0943. The zero-order valence-electron chi connectivity index (χ0n) is 11.9. The van der Waals surface area contributed by atoms with Crippen LogP contribution < -0.4 is 26.6 Å². The number of piperidine rings is 1. The van der Waals surface area contributed by atoms with Crippen molar-refractivity contribution in [1.82, 2.24) is 5.32 Å². The molecule has 0 bridgehead atoms. The zero-order chi connectivity index (χ0) is 15.1. The van der Waals surface area contributed by atoms with E-state index in [-0.39, 0.29) is 17.9 Å². The summed E-state index contributed by atoms with van der Waals surface area (Å²) in [6.45, 7) is 5.64. The molecule has 0 saturated carbocycles. The van der Waals surface area contributed by atoms with Crippen LogP contribution in [0.4, 0.5) is 5.69 Å². The molecule has 3 rings (SSSR count). The molecule has 3 N–H and O–H groups in total. The number of nitrogens with one attached hydrogen (secondary N) is 1. The van der Waals surface area contributed by atoms with Crippen LogP contribution in [0.3, 0.4) is 0 Å². The molecule has 3 atom stereocenters. The van der Waals surface area contributed by atoms with Crippen molar-refractivity contribution >= 4 is 40.7 Å². The van der Waals surface area contributed by atoms with Crippen LogP contribution in [-0.4, -0.2) is 25.0 Å². The van der Waals surface area contributed by atoms with Gasteiger partial charge in [0, 0.05) is 30.5 Å². The van der Waals surface area contributed by atoms with Gasteiger partial charge in [-0.3, -0.25) is 4.79 Å². The molecule has 6 heteroatoms. The van der Waals surface area contributed by atoms with E-state index >= 15 is 0 Å². The molecular formula is C15H21N3OP2. The number of carbonyl (C=O) groups is 1. The van der Waals surface area contributed by atoms with Crippen LogP contribution in [-0.2, 0) is 4.79 Å². The summed E-state index contributed by atoms with van der Waals surface area (Å²) in [5.74, 6) is -0.0411. The van der Waals surface area contributed by atoms with Crippen molar-refractivity contribution in [2.75, 3.05) is 18.0 Å². The quantitative estimate of drug-likeness (QED) is 0.773. The molecule has 112 valence electrons. The van der Waals surface area contributed by atoms with Crippen molar-refractivity contribution in [3.8, 4) is 0 Å². The summed E-state index contributed by atoms with van der Waals surface area (Å²) < 4.78 is 0. The lowest BCUT2D eigenvalue weighted by atomic mass is 9.89. The van der Waals surface area contributed by atoms with E-state index in [2.05, 4.69) is 47.4 Å². The topological polar surface area (TPSA) is 58.4 Å². The second kappa shape index (κ2) is 5.68. The van der Waals surface area contributed by atoms with Crippen molar-refractivity contribution in [3.63, 3.8) is 0 Å². The van der Waals surface area contributed by atoms with Crippen LogP contribution in [0, 0.1) is 0 Å². The fraction of sp³-hybridized carbons (Fsp3) is 0.400. The van der Waals surface area contributed by atoms with Crippen LogP contribution in [0.15, 0.2) is 24.4 Å². The normalized spacial score (nSPS) is 23.0. The van der Waals surface area contributed by atoms with E-state index in [1.807, 2.05) is 0 Å². The van der Waals surface area contributed by atoms with E-state index in [1.165, 1.54) is 5.69 Å². The Morgan fingerprint density at radius 1 is 1.29 bits per heavy atom. The van der Waals surface area contributed by atoms with Gasteiger partial charge in [-0.25, -0.2) is 0 Å². The van der Waals surface area contributed by atoms with E-state index in [9.17, 15) is 4.79 Å². The minimum Gasteiger partial charge on any atom is -0.368 e. The molecule has 21 heavy (non-hydrogen) atoms. The van der Waals surface area contributed by atoms with Gasteiger partial charge in [0.05, 0.1) is 5.92 Å². The van der Waals surface area contributed by atoms with E-state index in [4.69, 9.17) is 5.73 Å². The summed E-state index contributed by atoms with van der Waals surface area (Å²) in [4.78, 5) is 14.5. The number of carbonyl (C=O) groups excluding carboxylic acids is 1. The van der Waals surface area contributed by atoms with Crippen LogP contribution in [0.2, 0.25) is 0 Å². The molecule has 2 heterocycles. The number of nitrogens with two attached hydrogens (primary N) is 1. The highest BCUT2D eigenvalue weighted by atomic mass is 31.0. The number of allylic oxidation sites excluding steroid dienone is 1. The lowest BCUT2D eigenvalue weighted by Gasteiger charge is -2.39. The van der Waals surface area contributed by atoms with Crippen molar-refractivity contribution in [2.45, 2.75) is 24.8 Å². The maximum absolute atomic E-state index is 12.2. The molecule has 3 unspecified atom stereocenters.